The molecule has 0 atom stereocenters. The van der Waals surface area contributed by atoms with Crippen LogP contribution in [-0.4, -0.2) is 49.4 Å². The number of oxime groups is 1. The van der Waals surface area contributed by atoms with Gasteiger partial charge < -0.3 is 20.4 Å². The highest BCUT2D eigenvalue weighted by atomic mass is 16.5. The molecule has 0 aromatic heterocycles. The summed E-state index contributed by atoms with van der Waals surface area (Å²) in [5.41, 5.74) is 7.32. The summed E-state index contributed by atoms with van der Waals surface area (Å²) in [6.07, 6.45) is 0. The van der Waals surface area contributed by atoms with Crippen LogP contribution in [0.3, 0.4) is 0 Å². The summed E-state index contributed by atoms with van der Waals surface area (Å²) in [6.45, 7) is 7.99. The van der Waals surface area contributed by atoms with Gasteiger partial charge in [-0.05, 0) is 31.7 Å². The number of hydrogen-bond acceptors (Lipinski definition) is 5. The SMILES string of the molecule is CCOCCN(CC)Cc1cc(/C(N)=N/O)ccc1OC. The van der Waals surface area contributed by atoms with Crippen molar-refractivity contribution in [2.24, 2.45) is 10.9 Å². The third kappa shape index (κ3) is 5.24. The van der Waals surface area contributed by atoms with E-state index in [0.29, 0.717) is 12.2 Å². The van der Waals surface area contributed by atoms with Crippen LogP contribution in [0.1, 0.15) is 25.0 Å². The van der Waals surface area contributed by atoms with Crippen LogP contribution in [0.4, 0.5) is 0 Å². The minimum Gasteiger partial charge on any atom is -0.496 e. The molecule has 0 amide bonds. The van der Waals surface area contributed by atoms with Crippen LogP contribution >= 0.6 is 0 Å². The molecule has 0 saturated heterocycles. The summed E-state index contributed by atoms with van der Waals surface area (Å²) in [6, 6.07) is 5.49. The lowest BCUT2D eigenvalue weighted by molar-refractivity contribution is 0.112. The first kappa shape index (κ1) is 17.3. The Morgan fingerprint density at radius 2 is 2.14 bits per heavy atom. The first-order valence-corrected chi connectivity index (χ1v) is 7.11. The predicted molar refractivity (Wildman–Crippen MR) is 82.9 cm³/mol. The molecule has 0 unspecified atom stereocenters. The molecular formula is C15H25N3O3. The van der Waals surface area contributed by atoms with E-state index >= 15 is 0 Å². The molecule has 6 nitrogen and oxygen atoms in total. The Bertz CT molecular complexity index is 463. The van der Waals surface area contributed by atoms with Crippen LogP contribution in [0.25, 0.3) is 0 Å². The summed E-state index contributed by atoms with van der Waals surface area (Å²) >= 11 is 0. The zero-order chi connectivity index (χ0) is 15.7. The molecule has 6 heteroatoms. The van der Waals surface area contributed by atoms with Gasteiger partial charge in [0.2, 0.25) is 0 Å². The number of hydrogen-bond donors (Lipinski definition) is 2. The second-order valence-electron chi connectivity index (χ2n) is 4.58. The summed E-state index contributed by atoms with van der Waals surface area (Å²) < 4.78 is 10.8. The first-order valence-electron chi connectivity index (χ1n) is 7.11. The molecule has 21 heavy (non-hydrogen) atoms. The van der Waals surface area contributed by atoms with Gasteiger partial charge in [0.25, 0.3) is 0 Å². The van der Waals surface area contributed by atoms with Crippen molar-refractivity contribution < 1.29 is 14.7 Å². The van der Waals surface area contributed by atoms with E-state index in [1.165, 1.54) is 0 Å². The number of amidine groups is 1. The highest BCUT2D eigenvalue weighted by Gasteiger charge is 2.11. The summed E-state index contributed by atoms with van der Waals surface area (Å²) in [7, 11) is 1.64. The van der Waals surface area contributed by atoms with Gasteiger partial charge in [0.1, 0.15) is 5.75 Å². The molecule has 0 fully saturated rings. The number of ether oxygens (including phenoxy) is 2. The third-order valence-electron chi connectivity index (χ3n) is 3.28. The highest BCUT2D eigenvalue weighted by molar-refractivity contribution is 5.97. The Morgan fingerprint density at radius 1 is 1.38 bits per heavy atom. The van der Waals surface area contributed by atoms with Crippen LogP contribution in [0.5, 0.6) is 5.75 Å². The number of nitrogens with two attached hydrogens (primary N) is 1. The van der Waals surface area contributed by atoms with E-state index in [1.807, 2.05) is 19.1 Å². The maximum atomic E-state index is 8.78. The number of benzene rings is 1. The van der Waals surface area contributed by atoms with E-state index in [0.717, 1.165) is 37.6 Å². The van der Waals surface area contributed by atoms with E-state index in [-0.39, 0.29) is 5.84 Å². The van der Waals surface area contributed by atoms with Crippen molar-refractivity contribution in [3.05, 3.63) is 29.3 Å². The Morgan fingerprint density at radius 3 is 2.71 bits per heavy atom. The molecule has 0 heterocycles. The van der Waals surface area contributed by atoms with E-state index in [4.69, 9.17) is 20.4 Å². The first-order chi connectivity index (χ1) is 10.2. The number of nitrogens with zero attached hydrogens (tertiary/aromatic N) is 2. The zero-order valence-electron chi connectivity index (χ0n) is 13.0. The third-order valence-corrected chi connectivity index (χ3v) is 3.28. The molecule has 0 radical (unpaired) electrons. The Balaban J connectivity index is 2.87. The monoisotopic (exact) mass is 295 g/mol. The molecule has 0 aliphatic rings. The number of methoxy groups -OCH3 is 1. The summed E-state index contributed by atoms with van der Waals surface area (Å²) in [4.78, 5) is 2.25. The van der Waals surface area contributed by atoms with Gasteiger partial charge in [0.05, 0.1) is 13.7 Å². The van der Waals surface area contributed by atoms with Gasteiger partial charge in [-0.2, -0.15) is 0 Å². The number of likely N-dealkylation sites (N-methyl/N-ethyl adjacent to an activating group) is 1. The van der Waals surface area contributed by atoms with Crippen molar-refractivity contribution in [3.8, 4) is 5.75 Å². The van der Waals surface area contributed by atoms with Crippen LogP contribution in [-0.2, 0) is 11.3 Å². The van der Waals surface area contributed by atoms with Crippen LogP contribution in [0.15, 0.2) is 23.4 Å². The molecule has 1 rings (SSSR count). The van der Waals surface area contributed by atoms with Crippen molar-refractivity contribution in [3.63, 3.8) is 0 Å². The van der Waals surface area contributed by atoms with Crippen molar-refractivity contribution >= 4 is 5.84 Å². The summed E-state index contributed by atoms with van der Waals surface area (Å²) in [5, 5.41) is 11.8. The fourth-order valence-corrected chi connectivity index (χ4v) is 2.05. The summed E-state index contributed by atoms with van der Waals surface area (Å²) in [5.74, 6) is 0.885. The van der Waals surface area contributed by atoms with Gasteiger partial charge in [0.15, 0.2) is 5.84 Å². The second kappa shape index (κ2) is 9.20. The molecule has 0 saturated carbocycles. The molecule has 0 bridgehead atoms. The average molecular weight is 295 g/mol. The molecule has 1 aromatic rings. The van der Waals surface area contributed by atoms with Crippen molar-refractivity contribution in [1.82, 2.24) is 4.90 Å². The van der Waals surface area contributed by atoms with E-state index in [1.54, 1.807) is 13.2 Å². The van der Waals surface area contributed by atoms with Gasteiger partial charge >= 0.3 is 0 Å². The Kier molecular flexibility index (Phi) is 7.56. The quantitative estimate of drug-likeness (QED) is 0.238. The standard InChI is InChI=1S/C15H25N3O3/c1-4-18(8-9-21-5-2)11-13-10-12(15(16)17-19)6-7-14(13)20-3/h6-7,10,19H,4-5,8-9,11H2,1-3H3,(H2,16,17). The second-order valence-corrected chi connectivity index (χ2v) is 4.58. The lowest BCUT2D eigenvalue weighted by Gasteiger charge is -2.22. The topological polar surface area (TPSA) is 80.3 Å². The molecule has 0 aliphatic carbocycles. The van der Waals surface area contributed by atoms with Gasteiger partial charge in [-0.25, -0.2) is 0 Å². The predicted octanol–water partition coefficient (Wildman–Crippen LogP) is 1.65. The van der Waals surface area contributed by atoms with Gasteiger partial charge in [-0.1, -0.05) is 12.1 Å². The normalized spacial score (nSPS) is 11.9. The van der Waals surface area contributed by atoms with Gasteiger partial charge in [-0.3, -0.25) is 4.90 Å². The van der Waals surface area contributed by atoms with Crippen molar-refractivity contribution in [1.29, 1.82) is 0 Å². The lowest BCUT2D eigenvalue weighted by atomic mass is 10.1. The number of rotatable bonds is 9. The van der Waals surface area contributed by atoms with E-state index in [9.17, 15) is 0 Å². The smallest absolute Gasteiger partial charge is 0.170 e. The molecule has 118 valence electrons. The Labute approximate surface area is 126 Å². The minimum atomic E-state index is 0.0938. The van der Waals surface area contributed by atoms with E-state index < -0.39 is 0 Å². The Hall–Kier alpha value is -1.79. The maximum absolute atomic E-state index is 8.78. The van der Waals surface area contributed by atoms with Crippen LogP contribution in [0, 0.1) is 0 Å². The molecule has 1 aromatic carbocycles. The van der Waals surface area contributed by atoms with Crippen molar-refractivity contribution in [2.75, 3.05) is 33.4 Å². The minimum absolute atomic E-state index is 0.0938. The molecule has 3 N–H and O–H groups in total. The molecular weight excluding hydrogens is 270 g/mol. The molecule has 0 aliphatic heterocycles. The van der Waals surface area contributed by atoms with Crippen molar-refractivity contribution in [2.45, 2.75) is 20.4 Å². The average Bonchev–Trinajstić information content (AvgIpc) is 2.53. The van der Waals surface area contributed by atoms with Gasteiger partial charge in [0, 0.05) is 30.8 Å². The van der Waals surface area contributed by atoms with Crippen LogP contribution in [0.2, 0.25) is 0 Å². The fourth-order valence-electron chi connectivity index (χ4n) is 2.05. The maximum Gasteiger partial charge on any atom is 0.170 e. The molecule has 0 spiro atoms. The van der Waals surface area contributed by atoms with E-state index in [2.05, 4.69) is 17.0 Å². The lowest BCUT2D eigenvalue weighted by Crippen LogP contribution is -2.27. The fraction of sp³-hybridized carbons (Fsp3) is 0.533. The van der Waals surface area contributed by atoms with Gasteiger partial charge in [-0.15, -0.1) is 0 Å². The zero-order valence-corrected chi connectivity index (χ0v) is 13.0. The highest BCUT2D eigenvalue weighted by Crippen LogP contribution is 2.21. The largest absolute Gasteiger partial charge is 0.496 e. The van der Waals surface area contributed by atoms with Crippen LogP contribution < -0.4 is 10.5 Å².